The lowest BCUT2D eigenvalue weighted by Gasteiger charge is -2.23. The lowest BCUT2D eigenvalue weighted by Crippen LogP contribution is -2.12. The van der Waals surface area contributed by atoms with E-state index in [-0.39, 0.29) is 5.41 Å². The van der Waals surface area contributed by atoms with Gasteiger partial charge in [0.05, 0.1) is 0 Å². The molecule has 3 rings (SSSR count). The monoisotopic (exact) mass is 251 g/mol. The van der Waals surface area contributed by atoms with E-state index in [9.17, 15) is 0 Å². The molecule has 0 aliphatic carbocycles. The van der Waals surface area contributed by atoms with Gasteiger partial charge in [0, 0.05) is 5.56 Å². The van der Waals surface area contributed by atoms with Crippen molar-refractivity contribution in [3.05, 3.63) is 48.0 Å². The third kappa shape index (κ3) is 2.01. The van der Waals surface area contributed by atoms with E-state index in [1.54, 1.807) is 0 Å². The number of fused-ring (bicyclic) bond motifs is 1. The van der Waals surface area contributed by atoms with Crippen LogP contribution in [0.2, 0.25) is 0 Å². The smallest absolute Gasteiger partial charge is 0.120 e. The van der Waals surface area contributed by atoms with E-state index < -0.39 is 0 Å². The summed E-state index contributed by atoms with van der Waals surface area (Å²) in [6, 6.07) is 14.6. The van der Waals surface area contributed by atoms with Crippen molar-refractivity contribution in [2.45, 2.75) is 26.2 Å². The molecule has 19 heavy (non-hydrogen) atoms. The van der Waals surface area contributed by atoms with Crippen molar-refractivity contribution in [1.82, 2.24) is 15.4 Å². The second kappa shape index (κ2) is 4.19. The maximum Gasteiger partial charge on any atom is 0.120 e. The Hall–Kier alpha value is -2.16. The second-order valence-corrected chi connectivity index (χ2v) is 5.79. The molecule has 0 spiro atoms. The average molecular weight is 251 g/mol. The molecule has 2 aromatic carbocycles. The van der Waals surface area contributed by atoms with Crippen molar-refractivity contribution in [3.8, 4) is 11.1 Å². The van der Waals surface area contributed by atoms with E-state index in [0.29, 0.717) is 0 Å². The van der Waals surface area contributed by atoms with Gasteiger partial charge < -0.3 is 0 Å². The first-order chi connectivity index (χ1) is 9.07. The van der Waals surface area contributed by atoms with Crippen molar-refractivity contribution < 1.29 is 0 Å². The van der Waals surface area contributed by atoms with Crippen molar-refractivity contribution >= 4 is 11.0 Å². The Bertz CT molecular complexity index is 720. The zero-order valence-corrected chi connectivity index (χ0v) is 11.4. The Morgan fingerprint density at radius 1 is 0.842 bits per heavy atom. The van der Waals surface area contributed by atoms with Crippen molar-refractivity contribution in [2.24, 2.45) is 0 Å². The summed E-state index contributed by atoms with van der Waals surface area (Å²) in [4.78, 5) is 0. The number of nitrogens with one attached hydrogen (secondary N) is 1. The highest BCUT2D eigenvalue weighted by atomic mass is 15.3. The van der Waals surface area contributed by atoms with Crippen LogP contribution in [0.15, 0.2) is 42.5 Å². The SMILES string of the molecule is CC(C)(C)c1ccccc1-c1cccc2n[nH]nc12. The fraction of sp³-hybridized carbons (Fsp3) is 0.250. The van der Waals surface area contributed by atoms with Crippen molar-refractivity contribution in [2.75, 3.05) is 0 Å². The van der Waals surface area contributed by atoms with E-state index in [1.807, 2.05) is 12.1 Å². The molecule has 0 bridgehead atoms. The molecule has 0 aliphatic rings. The number of H-pyrrole nitrogens is 1. The average Bonchev–Trinajstić information content (AvgIpc) is 2.85. The molecular formula is C16H17N3. The number of benzene rings is 2. The first kappa shape index (κ1) is 11.9. The lowest BCUT2D eigenvalue weighted by molar-refractivity contribution is 0.592. The summed E-state index contributed by atoms with van der Waals surface area (Å²) in [7, 11) is 0. The van der Waals surface area contributed by atoms with Gasteiger partial charge in [-0.25, -0.2) is 0 Å². The highest BCUT2D eigenvalue weighted by Crippen LogP contribution is 2.35. The van der Waals surface area contributed by atoms with E-state index in [2.05, 4.69) is 66.5 Å². The highest BCUT2D eigenvalue weighted by Gasteiger charge is 2.19. The van der Waals surface area contributed by atoms with Crippen LogP contribution < -0.4 is 0 Å². The van der Waals surface area contributed by atoms with Crippen LogP contribution in [-0.2, 0) is 5.41 Å². The van der Waals surface area contributed by atoms with Crippen LogP contribution in [0.1, 0.15) is 26.3 Å². The number of hydrogen-bond donors (Lipinski definition) is 1. The van der Waals surface area contributed by atoms with Gasteiger partial charge >= 0.3 is 0 Å². The van der Waals surface area contributed by atoms with Crippen LogP contribution in [0.25, 0.3) is 22.2 Å². The van der Waals surface area contributed by atoms with Crippen LogP contribution >= 0.6 is 0 Å². The lowest BCUT2D eigenvalue weighted by atomic mass is 9.81. The van der Waals surface area contributed by atoms with Gasteiger partial charge in [-0.15, -0.1) is 0 Å². The third-order valence-corrected chi connectivity index (χ3v) is 3.37. The first-order valence-electron chi connectivity index (χ1n) is 6.47. The number of aromatic amines is 1. The molecule has 3 nitrogen and oxygen atoms in total. The molecule has 1 aromatic heterocycles. The number of hydrogen-bond acceptors (Lipinski definition) is 2. The van der Waals surface area contributed by atoms with Gasteiger partial charge in [-0.05, 0) is 22.6 Å². The fourth-order valence-corrected chi connectivity index (χ4v) is 2.46. The summed E-state index contributed by atoms with van der Waals surface area (Å²) < 4.78 is 0. The summed E-state index contributed by atoms with van der Waals surface area (Å²) in [6.07, 6.45) is 0. The molecule has 0 saturated carbocycles. The maximum atomic E-state index is 4.28. The molecule has 96 valence electrons. The van der Waals surface area contributed by atoms with Crippen LogP contribution in [0.4, 0.5) is 0 Å². The van der Waals surface area contributed by atoms with Gasteiger partial charge in [-0.3, -0.25) is 0 Å². The Kier molecular flexibility index (Phi) is 2.63. The molecule has 0 radical (unpaired) electrons. The third-order valence-electron chi connectivity index (χ3n) is 3.37. The Morgan fingerprint density at radius 3 is 2.37 bits per heavy atom. The molecule has 0 amide bonds. The standard InChI is InChI=1S/C16H17N3/c1-16(2,3)13-9-5-4-7-11(13)12-8-6-10-14-15(12)18-19-17-14/h4-10H,1-3H3,(H,17,18,19). The van der Waals surface area contributed by atoms with Gasteiger partial charge in [0.25, 0.3) is 0 Å². The number of rotatable bonds is 1. The van der Waals surface area contributed by atoms with Crippen molar-refractivity contribution in [3.63, 3.8) is 0 Å². The van der Waals surface area contributed by atoms with E-state index in [1.165, 1.54) is 11.1 Å². The number of para-hydroxylation sites is 1. The zero-order valence-electron chi connectivity index (χ0n) is 11.4. The van der Waals surface area contributed by atoms with Crippen LogP contribution in [-0.4, -0.2) is 15.4 Å². The number of aromatic nitrogens is 3. The highest BCUT2D eigenvalue weighted by molar-refractivity contribution is 5.92. The van der Waals surface area contributed by atoms with E-state index in [0.717, 1.165) is 16.6 Å². The topological polar surface area (TPSA) is 41.6 Å². The molecule has 1 N–H and O–H groups in total. The minimum Gasteiger partial charge on any atom is -0.197 e. The summed E-state index contributed by atoms with van der Waals surface area (Å²) in [5, 5.41) is 11.1. The maximum absolute atomic E-state index is 4.28. The first-order valence-corrected chi connectivity index (χ1v) is 6.47. The molecule has 1 heterocycles. The van der Waals surface area contributed by atoms with Crippen LogP contribution in [0.3, 0.4) is 0 Å². The number of nitrogens with zero attached hydrogens (tertiary/aromatic N) is 2. The normalized spacial score (nSPS) is 11.9. The predicted molar refractivity (Wildman–Crippen MR) is 78.0 cm³/mol. The molecule has 0 unspecified atom stereocenters. The summed E-state index contributed by atoms with van der Waals surface area (Å²) >= 11 is 0. The summed E-state index contributed by atoms with van der Waals surface area (Å²) in [6.45, 7) is 6.69. The fourth-order valence-electron chi connectivity index (χ4n) is 2.46. The Balaban J connectivity index is 2.31. The summed E-state index contributed by atoms with van der Waals surface area (Å²) in [5.41, 5.74) is 5.62. The van der Waals surface area contributed by atoms with Gasteiger partial charge in [0.2, 0.25) is 0 Å². The molecule has 0 fully saturated rings. The van der Waals surface area contributed by atoms with E-state index in [4.69, 9.17) is 0 Å². The quantitative estimate of drug-likeness (QED) is 0.712. The minimum atomic E-state index is 0.0997. The molecule has 0 atom stereocenters. The molecule has 3 aromatic rings. The molecule has 3 heteroatoms. The Morgan fingerprint density at radius 2 is 1.58 bits per heavy atom. The van der Waals surface area contributed by atoms with Gasteiger partial charge in [0.1, 0.15) is 11.0 Å². The van der Waals surface area contributed by atoms with E-state index >= 15 is 0 Å². The van der Waals surface area contributed by atoms with Crippen LogP contribution in [0, 0.1) is 0 Å². The molecule has 0 saturated heterocycles. The predicted octanol–water partition coefficient (Wildman–Crippen LogP) is 3.92. The van der Waals surface area contributed by atoms with Crippen molar-refractivity contribution in [1.29, 1.82) is 0 Å². The molecule has 0 aliphatic heterocycles. The largest absolute Gasteiger partial charge is 0.197 e. The second-order valence-electron chi connectivity index (χ2n) is 5.79. The van der Waals surface area contributed by atoms with Crippen LogP contribution in [0.5, 0.6) is 0 Å². The van der Waals surface area contributed by atoms with Gasteiger partial charge in [-0.1, -0.05) is 57.2 Å². The molecular weight excluding hydrogens is 234 g/mol. The van der Waals surface area contributed by atoms with Gasteiger partial charge in [0.15, 0.2) is 0 Å². The Labute approximate surface area is 112 Å². The summed E-state index contributed by atoms with van der Waals surface area (Å²) in [5.74, 6) is 0. The zero-order chi connectivity index (χ0) is 13.5. The minimum absolute atomic E-state index is 0.0997. The van der Waals surface area contributed by atoms with Gasteiger partial charge in [-0.2, -0.15) is 15.4 Å².